The summed E-state index contributed by atoms with van der Waals surface area (Å²) in [5.41, 5.74) is 12.4. The Balaban J connectivity index is 1.63. The molecule has 2 unspecified atom stereocenters. The Kier molecular flexibility index (Phi) is 5.24. The summed E-state index contributed by atoms with van der Waals surface area (Å²) in [6.07, 6.45) is 4.73. The topological polar surface area (TPSA) is 120 Å². The Bertz CT molecular complexity index is 710. The highest BCUT2D eigenvalue weighted by Crippen LogP contribution is 2.33. The number of ether oxygens (including phenoxy) is 1. The van der Waals surface area contributed by atoms with Gasteiger partial charge in [0.25, 0.3) is 6.04 Å². The monoisotopic (exact) mass is 359 g/mol. The van der Waals surface area contributed by atoms with Crippen LogP contribution in [0, 0.1) is 16.0 Å². The molecule has 1 aromatic rings. The van der Waals surface area contributed by atoms with Gasteiger partial charge in [-0.2, -0.15) is 0 Å². The molecule has 1 fully saturated rings. The van der Waals surface area contributed by atoms with E-state index in [1.165, 1.54) is 11.8 Å². The van der Waals surface area contributed by atoms with E-state index in [1.807, 2.05) is 12.1 Å². The lowest BCUT2D eigenvalue weighted by atomic mass is 9.72. The van der Waals surface area contributed by atoms with E-state index < -0.39 is 16.5 Å². The number of nitro groups is 1. The Labute approximate surface area is 152 Å². The Hall–Kier alpha value is -2.45. The highest BCUT2D eigenvalue weighted by molar-refractivity contribution is 5.88. The lowest BCUT2D eigenvalue weighted by Gasteiger charge is -2.42. The van der Waals surface area contributed by atoms with Gasteiger partial charge in [-0.1, -0.05) is 12.1 Å². The van der Waals surface area contributed by atoms with Gasteiger partial charge in [0.1, 0.15) is 11.3 Å². The lowest BCUT2D eigenvalue weighted by molar-refractivity contribution is -0.513. The number of hydrogen-bond acceptors (Lipinski definition) is 7. The first-order chi connectivity index (χ1) is 12.4. The predicted molar refractivity (Wildman–Crippen MR) is 99.5 cm³/mol. The van der Waals surface area contributed by atoms with Crippen LogP contribution in [0.1, 0.15) is 18.4 Å². The molecule has 26 heavy (non-hydrogen) atoms. The fraction of sp³-hybridized carbons (Fsp3) is 0.500. The van der Waals surface area contributed by atoms with Gasteiger partial charge >= 0.3 is 0 Å². The van der Waals surface area contributed by atoms with Gasteiger partial charge in [0.2, 0.25) is 0 Å². The van der Waals surface area contributed by atoms with Crippen molar-refractivity contribution >= 4 is 5.84 Å². The molecule has 0 aromatic heterocycles. The standard InChI is InChI=1S/C18H25N5O3/c1-26-15-4-2-13(3-5-15)12-22-10-6-14(7-11-22)18(20)8-9-21-17(19)16(18)23(24)25/h2-5,8-9,14,16H,6-7,10-12,20H2,1H3,(H2,19,21). The molecule has 1 aromatic carbocycles. The second kappa shape index (κ2) is 7.43. The van der Waals surface area contributed by atoms with Crippen molar-refractivity contribution in [3.05, 3.63) is 52.2 Å². The fourth-order valence-electron chi connectivity index (χ4n) is 3.90. The molecule has 2 atom stereocenters. The maximum atomic E-state index is 11.5. The zero-order valence-corrected chi connectivity index (χ0v) is 14.9. The van der Waals surface area contributed by atoms with Crippen LogP contribution in [-0.4, -0.2) is 47.4 Å². The molecule has 3 rings (SSSR count). The molecule has 0 saturated carbocycles. The summed E-state index contributed by atoms with van der Waals surface area (Å²) in [5.74, 6) is 0.822. The number of nitrogens with two attached hydrogens (primary N) is 2. The van der Waals surface area contributed by atoms with Crippen LogP contribution in [0.3, 0.4) is 0 Å². The first-order valence-electron chi connectivity index (χ1n) is 8.72. The third-order valence-corrected chi connectivity index (χ3v) is 5.41. The summed E-state index contributed by atoms with van der Waals surface area (Å²) in [6.45, 7) is 2.52. The second-order valence-electron chi connectivity index (χ2n) is 6.96. The van der Waals surface area contributed by atoms with Gasteiger partial charge in [-0.15, -0.1) is 0 Å². The van der Waals surface area contributed by atoms with Crippen molar-refractivity contribution in [2.45, 2.75) is 31.0 Å². The van der Waals surface area contributed by atoms with Crippen molar-refractivity contribution in [2.24, 2.45) is 22.4 Å². The summed E-state index contributed by atoms with van der Waals surface area (Å²) < 4.78 is 5.18. The van der Waals surface area contributed by atoms with Crippen LogP contribution in [0.25, 0.3) is 0 Å². The van der Waals surface area contributed by atoms with Crippen LogP contribution < -0.4 is 16.2 Å². The Morgan fingerprint density at radius 3 is 2.58 bits per heavy atom. The van der Waals surface area contributed by atoms with Crippen LogP contribution in [0.4, 0.5) is 0 Å². The number of rotatable bonds is 5. The van der Waals surface area contributed by atoms with E-state index in [0.29, 0.717) is 0 Å². The third-order valence-electron chi connectivity index (χ3n) is 5.41. The minimum Gasteiger partial charge on any atom is -0.497 e. The molecule has 8 nitrogen and oxygen atoms in total. The molecule has 2 heterocycles. The van der Waals surface area contributed by atoms with Crippen molar-refractivity contribution in [1.29, 1.82) is 0 Å². The average Bonchev–Trinajstić information content (AvgIpc) is 2.62. The molecule has 0 radical (unpaired) electrons. The van der Waals surface area contributed by atoms with Crippen LogP contribution in [0.15, 0.2) is 41.5 Å². The maximum absolute atomic E-state index is 11.5. The number of nitrogens with zero attached hydrogens (tertiary/aromatic N) is 3. The lowest BCUT2D eigenvalue weighted by Crippen LogP contribution is -2.65. The van der Waals surface area contributed by atoms with E-state index in [-0.39, 0.29) is 11.8 Å². The molecule has 0 spiro atoms. The van der Waals surface area contributed by atoms with Crippen LogP contribution in [0.2, 0.25) is 0 Å². The maximum Gasteiger partial charge on any atom is 0.290 e. The SMILES string of the molecule is COc1ccc(CN2CCC(C3(N)C=CN=C(N)C3[N+](=O)[O-])CC2)cc1. The highest BCUT2D eigenvalue weighted by atomic mass is 16.6. The van der Waals surface area contributed by atoms with E-state index in [1.54, 1.807) is 13.2 Å². The van der Waals surface area contributed by atoms with Gasteiger partial charge in [0.05, 0.1) is 7.11 Å². The number of hydrogen-bond donors (Lipinski definition) is 2. The molecule has 140 valence electrons. The van der Waals surface area contributed by atoms with Gasteiger partial charge in [-0.3, -0.25) is 15.0 Å². The van der Waals surface area contributed by atoms with Crippen molar-refractivity contribution in [1.82, 2.24) is 4.90 Å². The largest absolute Gasteiger partial charge is 0.497 e. The molecule has 1 saturated heterocycles. The van der Waals surface area contributed by atoms with Crippen molar-refractivity contribution in [3.63, 3.8) is 0 Å². The number of benzene rings is 1. The van der Waals surface area contributed by atoms with Crippen LogP contribution in [0.5, 0.6) is 5.75 Å². The number of piperidine rings is 1. The molecular formula is C18H25N5O3. The smallest absolute Gasteiger partial charge is 0.290 e. The molecule has 2 aliphatic heterocycles. The average molecular weight is 359 g/mol. The zero-order chi connectivity index (χ0) is 18.7. The van der Waals surface area contributed by atoms with Crippen molar-refractivity contribution < 1.29 is 9.66 Å². The van der Waals surface area contributed by atoms with E-state index in [9.17, 15) is 10.1 Å². The summed E-state index contributed by atoms with van der Waals surface area (Å²) in [6, 6.07) is 6.85. The highest BCUT2D eigenvalue weighted by Gasteiger charge is 2.51. The summed E-state index contributed by atoms with van der Waals surface area (Å²) in [7, 11) is 1.65. The predicted octanol–water partition coefficient (Wildman–Crippen LogP) is 1.13. The first kappa shape index (κ1) is 18.3. The number of amidine groups is 1. The third kappa shape index (κ3) is 3.56. The number of methoxy groups -OCH3 is 1. The van der Waals surface area contributed by atoms with Gasteiger partial charge in [0.15, 0.2) is 5.84 Å². The van der Waals surface area contributed by atoms with Crippen molar-refractivity contribution in [2.75, 3.05) is 20.2 Å². The Morgan fingerprint density at radius 1 is 1.35 bits per heavy atom. The van der Waals surface area contributed by atoms with Crippen LogP contribution in [-0.2, 0) is 6.54 Å². The van der Waals surface area contributed by atoms with E-state index in [4.69, 9.17) is 16.2 Å². The quantitative estimate of drug-likeness (QED) is 0.601. The van der Waals surface area contributed by atoms with Gasteiger partial charge in [-0.05, 0) is 55.6 Å². The molecule has 2 aliphatic rings. The van der Waals surface area contributed by atoms with Gasteiger partial charge in [-0.25, -0.2) is 4.99 Å². The normalized spacial score (nSPS) is 27.2. The fourth-order valence-corrected chi connectivity index (χ4v) is 3.90. The number of likely N-dealkylation sites (tertiary alicyclic amines) is 1. The van der Waals surface area contributed by atoms with E-state index in [0.717, 1.165) is 38.2 Å². The molecular weight excluding hydrogens is 334 g/mol. The zero-order valence-electron chi connectivity index (χ0n) is 14.9. The summed E-state index contributed by atoms with van der Waals surface area (Å²) in [4.78, 5) is 17.3. The summed E-state index contributed by atoms with van der Waals surface area (Å²) >= 11 is 0. The summed E-state index contributed by atoms with van der Waals surface area (Å²) in [5, 5.41) is 11.5. The Morgan fingerprint density at radius 2 is 2.00 bits per heavy atom. The van der Waals surface area contributed by atoms with Gasteiger partial charge < -0.3 is 16.2 Å². The number of aliphatic imine (C=N–C) groups is 1. The second-order valence-corrected chi connectivity index (χ2v) is 6.96. The van der Waals surface area contributed by atoms with E-state index in [2.05, 4.69) is 22.0 Å². The minimum atomic E-state index is -1.16. The molecule has 0 aliphatic carbocycles. The molecule has 8 heteroatoms. The van der Waals surface area contributed by atoms with E-state index >= 15 is 0 Å². The van der Waals surface area contributed by atoms with Crippen molar-refractivity contribution in [3.8, 4) is 5.75 Å². The molecule has 4 N–H and O–H groups in total. The first-order valence-corrected chi connectivity index (χ1v) is 8.72. The molecule has 0 bridgehead atoms. The minimum absolute atomic E-state index is 0.00434. The van der Waals surface area contributed by atoms with Crippen LogP contribution >= 0.6 is 0 Å². The molecule has 0 amide bonds. The van der Waals surface area contributed by atoms with Gasteiger partial charge in [0, 0.05) is 17.7 Å².